The largest absolute Gasteiger partial charge is 0.497 e. The van der Waals surface area contributed by atoms with Gasteiger partial charge in [-0.05, 0) is 31.2 Å². The normalized spacial score (nSPS) is 21.5. The molecule has 3 heterocycles. The van der Waals surface area contributed by atoms with E-state index in [9.17, 15) is 4.79 Å². The predicted molar refractivity (Wildman–Crippen MR) is 122 cm³/mol. The zero-order valence-electron chi connectivity index (χ0n) is 19.5. The third-order valence-corrected chi connectivity index (χ3v) is 6.39. The Bertz CT molecular complexity index is 920. The summed E-state index contributed by atoms with van der Waals surface area (Å²) in [5, 5.41) is 11.7. The lowest BCUT2D eigenvalue weighted by Crippen LogP contribution is -2.54. The molecule has 0 spiro atoms. The van der Waals surface area contributed by atoms with E-state index in [1.54, 1.807) is 7.11 Å². The summed E-state index contributed by atoms with van der Waals surface area (Å²) in [4.78, 5) is 18.0. The van der Waals surface area contributed by atoms with Gasteiger partial charge in [0, 0.05) is 50.9 Å². The first-order chi connectivity index (χ1) is 15.4. The average Bonchev–Trinajstić information content (AvgIpc) is 3.26. The second-order valence-electron chi connectivity index (χ2n) is 9.01. The van der Waals surface area contributed by atoms with E-state index in [-0.39, 0.29) is 11.8 Å². The lowest BCUT2D eigenvalue weighted by Gasteiger charge is -2.37. The maximum absolute atomic E-state index is 13.2. The van der Waals surface area contributed by atoms with Gasteiger partial charge in [0.2, 0.25) is 5.91 Å². The molecule has 0 aliphatic carbocycles. The van der Waals surface area contributed by atoms with E-state index in [2.05, 4.69) is 51.3 Å². The molecule has 32 heavy (non-hydrogen) atoms. The van der Waals surface area contributed by atoms with Crippen molar-refractivity contribution in [2.45, 2.75) is 38.8 Å². The SMILES string of the molecule is COc1ccc(N2CCN(CCNC(=O)C3(C)COCc4nnc(C(C)C)n43)CC2)cc1. The molecular formula is C23H34N6O3. The van der Waals surface area contributed by atoms with Gasteiger partial charge in [-0.1, -0.05) is 13.8 Å². The van der Waals surface area contributed by atoms with Crippen LogP contribution in [0.1, 0.15) is 38.3 Å². The molecule has 1 saturated heterocycles. The fourth-order valence-corrected chi connectivity index (χ4v) is 4.45. The average molecular weight is 443 g/mol. The fourth-order valence-electron chi connectivity index (χ4n) is 4.45. The molecule has 0 radical (unpaired) electrons. The number of anilines is 1. The third-order valence-electron chi connectivity index (χ3n) is 6.39. The minimum Gasteiger partial charge on any atom is -0.497 e. The van der Waals surface area contributed by atoms with Crippen LogP contribution in [0.5, 0.6) is 5.75 Å². The number of carbonyl (C=O) groups excluding carboxylic acids is 1. The molecule has 1 N–H and O–H groups in total. The van der Waals surface area contributed by atoms with E-state index in [4.69, 9.17) is 9.47 Å². The number of benzene rings is 1. The van der Waals surface area contributed by atoms with Crippen LogP contribution < -0.4 is 15.0 Å². The van der Waals surface area contributed by atoms with Crippen molar-refractivity contribution in [3.8, 4) is 5.75 Å². The van der Waals surface area contributed by atoms with Crippen molar-refractivity contribution < 1.29 is 14.3 Å². The summed E-state index contributed by atoms with van der Waals surface area (Å²) in [6.07, 6.45) is 0. The lowest BCUT2D eigenvalue weighted by molar-refractivity contribution is -0.135. The number of amides is 1. The number of nitrogens with one attached hydrogen (secondary N) is 1. The van der Waals surface area contributed by atoms with Crippen molar-refractivity contribution in [3.05, 3.63) is 35.9 Å². The molecule has 9 nitrogen and oxygen atoms in total. The Morgan fingerprint density at radius 1 is 1.19 bits per heavy atom. The monoisotopic (exact) mass is 442 g/mol. The summed E-state index contributed by atoms with van der Waals surface area (Å²) in [6.45, 7) is 12.1. The highest BCUT2D eigenvalue weighted by molar-refractivity contribution is 5.84. The molecule has 2 aliphatic rings. The Kier molecular flexibility index (Phi) is 6.66. The molecule has 1 aromatic carbocycles. The maximum atomic E-state index is 13.2. The quantitative estimate of drug-likeness (QED) is 0.697. The minimum absolute atomic E-state index is 0.0444. The van der Waals surface area contributed by atoms with Gasteiger partial charge in [0.15, 0.2) is 5.82 Å². The Hall–Kier alpha value is -2.65. The highest BCUT2D eigenvalue weighted by atomic mass is 16.5. The number of methoxy groups -OCH3 is 1. The van der Waals surface area contributed by atoms with E-state index < -0.39 is 5.54 Å². The molecular weight excluding hydrogens is 408 g/mol. The fraction of sp³-hybridized carbons (Fsp3) is 0.609. The first-order valence-corrected chi connectivity index (χ1v) is 11.3. The smallest absolute Gasteiger partial charge is 0.248 e. The van der Waals surface area contributed by atoms with Crippen LogP contribution in [0.3, 0.4) is 0 Å². The van der Waals surface area contributed by atoms with Gasteiger partial charge in [-0.15, -0.1) is 10.2 Å². The number of nitrogens with zero attached hydrogens (tertiary/aromatic N) is 5. The zero-order chi connectivity index (χ0) is 22.7. The summed E-state index contributed by atoms with van der Waals surface area (Å²) in [6, 6.07) is 8.20. The van der Waals surface area contributed by atoms with Crippen molar-refractivity contribution in [2.75, 3.05) is 57.9 Å². The third kappa shape index (κ3) is 4.45. The number of carbonyl (C=O) groups is 1. The number of hydrogen-bond acceptors (Lipinski definition) is 7. The predicted octanol–water partition coefficient (Wildman–Crippen LogP) is 1.59. The van der Waals surface area contributed by atoms with E-state index in [1.165, 1.54) is 5.69 Å². The number of aromatic nitrogens is 3. The second-order valence-corrected chi connectivity index (χ2v) is 9.01. The van der Waals surface area contributed by atoms with Gasteiger partial charge in [0.05, 0.1) is 13.7 Å². The van der Waals surface area contributed by atoms with Crippen LogP contribution in [-0.4, -0.2) is 78.6 Å². The Morgan fingerprint density at radius 3 is 2.56 bits per heavy atom. The van der Waals surface area contributed by atoms with E-state index in [1.807, 2.05) is 23.6 Å². The summed E-state index contributed by atoms with van der Waals surface area (Å²) in [5.41, 5.74) is 0.388. The van der Waals surface area contributed by atoms with Crippen LogP contribution in [0.4, 0.5) is 5.69 Å². The molecule has 1 amide bonds. The first kappa shape index (κ1) is 22.5. The number of fused-ring (bicyclic) bond motifs is 1. The Balaban J connectivity index is 1.28. The lowest BCUT2D eigenvalue weighted by atomic mass is 9.99. The summed E-state index contributed by atoms with van der Waals surface area (Å²) in [7, 11) is 1.68. The summed E-state index contributed by atoms with van der Waals surface area (Å²) < 4.78 is 12.9. The van der Waals surface area contributed by atoms with Gasteiger partial charge in [0.1, 0.15) is 23.7 Å². The van der Waals surface area contributed by atoms with Crippen molar-refractivity contribution >= 4 is 11.6 Å². The summed E-state index contributed by atoms with van der Waals surface area (Å²) >= 11 is 0. The first-order valence-electron chi connectivity index (χ1n) is 11.3. The molecule has 2 aliphatic heterocycles. The maximum Gasteiger partial charge on any atom is 0.248 e. The minimum atomic E-state index is -0.830. The van der Waals surface area contributed by atoms with Crippen LogP contribution in [0.25, 0.3) is 0 Å². The highest BCUT2D eigenvalue weighted by Crippen LogP contribution is 2.29. The van der Waals surface area contributed by atoms with E-state index in [0.29, 0.717) is 25.6 Å². The molecule has 174 valence electrons. The molecule has 2 aromatic rings. The van der Waals surface area contributed by atoms with Crippen LogP contribution in [0, 0.1) is 0 Å². The van der Waals surface area contributed by atoms with Gasteiger partial charge < -0.3 is 19.7 Å². The molecule has 1 unspecified atom stereocenters. The van der Waals surface area contributed by atoms with Crippen molar-refractivity contribution in [3.63, 3.8) is 0 Å². The van der Waals surface area contributed by atoms with Gasteiger partial charge in [0.25, 0.3) is 0 Å². The molecule has 4 rings (SSSR count). The van der Waals surface area contributed by atoms with Crippen LogP contribution in [0.2, 0.25) is 0 Å². The molecule has 9 heteroatoms. The van der Waals surface area contributed by atoms with E-state index in [0.717, 1.165) is 44.3 Å². The molecule has 1 fully saturated rings. The molecule has 1 atom stereocenters. The second kappa shape index (κ2) is 9.46. The van der Waals surface area contributed by atoms with Crippen LogP contribution >= 0.6 is 0 Å². The van der Waals surface area contributed by atoms with Gasteiger partial charge in [-0.2, -0.15) is 0 Å². The number of ether oxygens (including phenoxy) is 2. The van der Waals surface area contributed by atoms with Gasteiger partial charge >= 0.3 is 0 Å². The standard InChI is InChI=1S/C23H34N6O3/c1-17(2)21-26-25-20-15-32-16-23(3,29(20)21)22(30)24-9-10-27-11-13-28(14-12-27)18-5-7-19(31-4)8-6-18/h5-8,17H,9-16H2,1-4H3,(H,24,30). The van der Waals surface area contributed by atoms with Crippen LogP contribution in [0.15, 0.2) is 24.3 Å². The summed E-state index contributed by atoms with van der Waals surface area (Å²) in [5.74, 6) is 2.56. The Morgan fingerprint density at radius 2 is 1.91 bits per heavy atom. The van der Waals surface area contributed by atoms with Gasteiger partial charge in [-0.3, -0.25) is 14.3 Å². The van der Waals surface area contributed by atoms with E-state index >= 15 is 0 Å². The van der Waals surface area contributed by atoms with Crippen molar-refractivity contribution in [1.29, 1.82) is 0 Å². The van der Waals surface area contributed by atoms with Crippen molar-refractivity contribution in [2.24, 2.45) is 0 Å². The molecule has 0 bridgehead atoms. The topological polar surface area (TPSA) is 84.8 Å². The van der Waals surface area contributed by atoms with Crippen LogP contribution in [-0.2, 0) is 21.7 Å². The molecule has 0 saturated carbocycles. The highest BCUT2D eigenvalue weighted by Gasteiger charge is 2.42. The number of piperazine rings is 1. The van der Waals surface area contributed by atoms with Crippen molar-refractivity contribution in [1.82, 2.24) is 25.0 Å². The zero-order valence-corrected chi connectivity index (χ0v) is 19.5. The number of hydrogen-bond donors (Lipinski definition) is 1. The Labute approximate surface area is 189 Å². The number of rotatable bonds is 7. The molecule has 1 aromatic heterocycles. The van der Waals surface area contributed by atoms with Gasteiger partial charge in [-0.25, -0.2) is 0 Å².